The molecular formula is C12H18FNO2S. The molecule has 2 unspecified atom stereocenters. The van der Waals surface area contributed by atoms with Gasteiger partial charge >= 0.3 is 0 Å². The minimum absolute atomic E-state index is 0.00347. The van der Waals surface area contributed by atoms with E-state index in [-0.39, 0.29) is 16.6 Å². The summed E-state index contributed by atoms with van der Waals surface area (Å²) in [5.41, 5.74) is 5.82. The van der Waals surface area contributed by atoms with E-state index in [2.05, 4.69) is 0 Å². The van der Waals surface area contributed by atoms with Gasteiger partial charge < -0.3 is 5.73 Å². The van der Waals surface area contributed by atoms with E-state index >= 15 is 0 Å². The Balaban J connectivity index is 2.89. The molecule has 0 spiro atoms. The Morgan fingerprint density at radius 2 is 2.06 bits per heavy atom. The van der Waals surface area contributed by atoms with Crippen LogP contribution in [0, 0.1) is 11.7 Å². The lowest BCUT2D eigenvalue weighted by molar-refractivity contribution is 0.466. The van der Waals surface area contributed by atoms with Crippen LogP contribution in [-0.4, -0.2) is 20.2 Å². The van der Waals surface area contributed by atoms with Crippen LogP contribution < -0.4 is 5.73 Å². The van der Waals surface area contributed by atoms with Crippen LogP contribution in [0.15, 0.2) is 29.2 Å². The smallest absolute Gasteiger partial charge is 0.180 e. The highest BCUT2D eigenvalue weighted by Gasteiger charge is 2.22. The molecule has 0 aliphatic heterocycles. The second kappa shape index (κ2) is 5.60. The van der Waals surface area contributed by atoms with Crippen molar-refractivity contribution in [2.45, 2.75) is 31.2 Å². The van der Waals surface area contributed by atoms with Crippen molar-refractivity contribution in [2.24, 2.45) is 11.7 Å². The van der Waals surface area contributed by atoms with Gasteiger partial charge in [-0.2, -0.15) is 0 Å². The Kier molecular flexibility index (Phi) is 4.65. The molecule has 17 heavy (non-hydrogen) atoms. The quantitative estimate of drug-likeness (QED) is 0.879. The van der Waals surface area contributed by atoms with E-state index in [0.29, 0.717) is 0 Å². The van der Waals surface area contributed by atoms with E-state index in [1.807, 2.05) is 13.8 Å². The maximum atomic E-state index is 13.0. The standard InChI is InChI=1S/C12H18FNO2S/c1-3-9(2)12(14)8-17(15,16)11-6-4-5-10(13)7-11/h4-7,9,12H,3,8,14H2,1-2H3. The molecule has 1 aromatic carbocycles. The molecule has 2 atom stereocenters. The summed E-state index contributed by atoms with van der Waals surface area (Å²) in [6.07, 6.45) is 0.819. The number of benzene rings is 1. The number of halogens is 1. The highest BCUT2D eigenvalue weighted by Crippen LogP contribution is 2.16. The summed E-state index contributed by atoms with van der Waals surface area (Å²) in [5, 5.41) is 0. The molecule has 0 radical (unpaired) electrons. The molecule has 0 heterocycles. The van der Waals surface area contributed by atoms with Gasteiger partial charge in [-0.25, -0.2) is 12.8 Å². The number of hydrogen-bond donors (Lipinski definition) is 1. The van der Waals surface area contributed by atoms with Crippen LogP contribution in [-0.2, 0) is 9.84 Å². The van der Waals surface area contributed by atoms with Crippen molar-refractivity contribution in [1.29, 1.82) is 0 Å². The van der Waals surface area contributed by atoms with Crippen molar-refractivity contribution in [2.75, 3.05) is 5.75 Å². The van der Waals surface area contributed by atoms with Gasteiger partial charge in [-0.3, -0.25) is 0 Å². The Labute approximate surface area is 102 Å². The monoisotopic (exact) mass is 259 g/mol. The maximum absolute atomic E-state index is 13.0. The zero-order valence-corrected chi connectivity index (χ0v) is 10.9. The first kappa shape index (κ1) is 14.1. The lowest BCUT2D eigenvalue weighted by Crippen LogP contribution is -2.35. The Morgan fingerprint density at radius 3 is 2.59 bits per heavy atom. The number of nitrogens with two attached hydrogens (primary N) is 1. The number of hydrogen-bond acceptors (Lipinski definition) is 3. The highest BCUT2D eigenvalue weighted by atomic mass is 32.2. The fourth-order valence-electron chi connectivity index (χ4n) is 1.48. The van der Waals surface area contributed by atoms with Crippen molar-refractivity contribution >= 4 is 9.84 Å². The van der Waals surface area contributed by atoms with Crippen LogP contribution in [0.5, 0.6) is 0 Å². The van der Waals surface area contributed by atoms with E-state index in [0.717, 1.165) is 12.5 Å². The van der Waals surface area contributed by atoms with Crippen molar-refractivity contribution in [3.8, 4) is 0 Å². The topological polar surface area (TPSA) is 60.2 Å². The lowest BCUT2D eigenvalue weighted by Gasteiger charge is -2.18. The predicted octanol–water partition coefficient (Wildman–Crippen LogP) is 1.97. The fraction of sp³-hybridized carbons (Fsp3) is 0.500. The molecule has 0 amide bonds. The van der Waals surface area contributed by atoms with Gasteiger partial charge in [0.05, 0.1) is 10.6 Å². The third-order valence-electron chi connectivity index (χ3n) is 2.94. The summed E-state index contributed by atoms with van der Waals surface area (Å²) < 4.78 is 36.9. The SMILES string of the molecule is CCC(C)C(N)CS(=O)(=O)c1cccc(F)c1. The number of rotatable bonds is 5. The van der Waals surface area contributed by atoms with Gasteiger partial charge in [0.1, 0.15) is 5.82 Å². The van der Waals surface area contributed by atoms with E-state index < -0.39 is 21.7 Å². The summed E-state index contributed by atoms with van der Waals surface area (Å²) in [4.78, 5) is -0.00347. The fourth-order valence-corrected chi connectivity index (χ4v) is 3.08. The average molecular weight is 259 g/mol. The zero-order valence-electron chi connectivity index (χ0n) is 10.1. The average Bonchev–Trinajstić information content (AvgIpc) is 2.27. The van der Waals surface area contributed by atoms with Crippen LogP contribution >= 0.6 is 0 Å². The Bertz CT molecular complexity index is 473. The van der Waals surface area contributed by atoms with Gasteiger partial charge in [0, 0.05) is 6.04 Å². The molecule has 96 valence electrons. The predicted molar refractivity (Wildman–Crippen MR) is 65.9 cm³/mol. The maximum Gasteiger partial charge on any atom is 0.180 e. The molecule has 2 N–H and O–H groups in total. The van der Waals surface area contributed by atoms with Gasteiger partial charge in [0.15, 0.2) is 9.84 Å². The van der Waals surface area contributed by atoms with Crippen molar-refractivity contribution in [1.82, 2.24) is 0 Å². The first-order chi connectivity index (χ1) is 7.86. The summed E-state index contributed by atoms with van der Waals surface area (Å²) >= 11 is 0. The van der Waals surface area contributed by atoms with Crippen molar-refractivity contribution in [3.05, 3.63) is 30.1 Å². The molecule has 1 aromatic rings. The lowest BCUT2D eigenvalue weighted by atomic mass is 10.0. The van der Waals surface area contributed by atoms with Gasteiger partial charge in [0.2, 0.25) is 0 Å². The summed E-state index contributed by atoms with van der Waals surface area (Å²) in [5.74, 6) is -0.577. The Hall–Kier alpha value is -0.940. The van der Waals surface area contributed by atoms with Crippen LogP contribution in [0.4, 0.5) is 4.39 Å². The molecule has 0 bridgehead atoms. The molecule has 1 rings (SSSR count). The molecule has 0 saturated carbocycles. The number of sulfone groups is 1. The van der Waals surface area contributed by atoms with Gasteiger partial charge in [-0.05, 0) is 24.1 Å². The molecule has 0 aliphatic carbocycles. The summed E-state index contributed by atoms with van der Waals surface area (Å²) in [6, 6.07) is 4.60. The van der Waals surface area contributed by atoms with Crippen LogP contribution in [0.3, 0.4) is 0 Å². The van der Waals surface area contributed by atoms with Crippen LogP contribution in [0.2, 0.25) is 0 Å². The minimum atomic E-state index is -3.50. The van der Waals surface area contributed by atoms with Crippen molar-refractivity contribution in [3.63, 3.8) is 0 Å². The van der Waals surface area contributed by atoms with Crippen LogP contribution in [0.25, 0.3) is 0 Å². The molecule has 0 fully saturated rings. The molecule has 0 saturated heterocycles. The molecule has 0 aliphatic rings. The van der Waals surface area contributed by atoms with Crippen LogP contribution in [0.1, 0.15) is 20.3 Å². The second-order valence-corrected chi connectivity index (χ2v) is 6.32. The first-order valence-electron chi connectivity index (χ1n) is 5.60. The van der Waals surface area contributed by atoms with Gasteiger partial charge in [-0.15, -0.1) is 0 Å². The van der Waals surface area contributed by atoms with Gasteiger partial charge in [0.25, 0.3) is 0 Å². The molecule has 0 aromatic heterocycles. The largest absolute Gasteiger partial charge is 0.327 e. The molecule has 5 heteroatoms. The third kappa shape index (κ3) is 3.78. The van der Waals surface area contributed by atoms with E-state index in [4.69, 9.17) is 5.73 Å². The summed E-state index contributed by atoms with van der Waals surface area (Å²) in [6.45, 7) is 3.87. The Morgan fingerprint density at radius 1 is 1.41 bits per heavy atom. The normalized spacial score (nSPS) is 15.5. The third-order valence-corrected chi connectivity index (χ3v) is 4.74. The van der Waals surface area contributed by atoms with Gasteiger partial charge in [-0.1, -0.05) is 26.3 Å². The first-order valence-corrected chi connectivity index (χ1v) is 7.26. The van der Waals surface area contributed by atoms with E-state index in [1.165, 1.54) is 18.2 Å². The summed E-state index contributed by atoms with van der Waals surface area (Å²) in [7, 11) is -3.50. The zero-order chi connectivity index (χ0) is 13.1. The minimum Gasteiger partial charge on any atom is -0.327 e. The molecular weight excluding hydrogens is 241 g/mol. The highest BCUT2D eigenvalue weighted by molar-refractivity contribution is 7.91. The molecule has 3 nitrogen and oxygen atoms in total. The second-order valence-electron chi connectivity index (χ2n) is 4.29. The van der Waals surface area contributed by atoms with Crippen molar-refractivity contribution < 1.29 is 12.8 Å². The van der Waals surface area contributed by atoms with E-state index in [1.54, 1.807) is 0 Å². The van der Waals surface area contributed by atoms with E-state index in [9.17, 15) is 12.8 Å².